The Morgan fingerprint density at radius 3 is 2.79 bits per heavy atom. The lowest BCUT2D eigenvalue weighted by Gasteiger charge is -2.29. The number of halogens is 1. The van der Waals surface area contributed by atoms with E-state index in [4.69, 9.17) is 0 Å². The molecule has 1 saturated heterocycles. The first-order chi connectivity index (χ1) is 13.5. The molecule has 1 aromatic carbocycles. The molecule has 0 spiro atoms. The van der Waals surface area contributed by atoms with E-state index in [0.29, 0.717) is 24.3 Å². The van der Waals surface area contributed by atoms with Crippen molar-refractivity contribution < 1.29 is 14.0 Å². The molecule has 1 aliphatic rings. The molecule has 2 amide bonds. The molecule has 2 N–H and O–H groups in total. The van der Waals surface area contributed by atoms with Gasteiger partial charge < -0.3 is 15.5 Å². The van der Waals surface area contributed by atoms with Crippen molar-refractivity contribution in [1.29, 1.82) is 0 Å². The van der Waals surface area contributed by atoms with Crippen LogP contribution in [0, 0.1) is 5.82 Å². The molecular formula is C20H24FN3O2S2. The third kappa shape index (κ3) is 5.12. The van der Waals surface area contributed by atoms with Crippen LogP contribution in [0.5, 0.6) is 0 Å². The Kier molecular flexibility index (Phi) is 7.09. The molecule has 0 saturated carbocycles. The summed E-state index contributed by atoms with van der Waals surface area (Å²) in [6.07, 6.45) is 0.318. The lowest BCUT2D eigenvalue weighted by atomic mass is 10.1. The first kappa shape index (κ1) is 20.8. The molecule has 0 radical (unpaired) electrons. The Morgan fingerprint density at radius 2 is 2.14 bits per heavy atom. The van der Waals surface area contributed by atoms with Gasteiger partial charge in [-0.2, -0.15) is 11.3 Å². The van der Waals surface area contributed by atoms with E-state index in [2.05, 4.69) is 20.9 Å². The quantitative estimate of drug-likeness (QED) is 0.721. The molecule has 8 heteroatoms. The summed E-state index contributed by atoms with van der Waals surface area (Å²) in [5.41, 5.74) is 1.67. The standard InChI is InChI=1S/C20H24FN3O2S2/c1-24(2)17(14-7-8-27-11-14)10-22-19(25)16-12-28-18(20(26)23-16)9-13-5-3-4-6-15(13)21/h3-8,11,16-18H,9-10,12H2,1-2H3,(H,22,25)(H,23,26). The highest BCUT2D eigenvalue weighted by atomic mass is 32.2. The highest BCUT2D eigenvalue weighted by molar-refractivity contribution is 8.00. The normalized spacial score (nSPS) is 20.6. The van der Waals surface area contributed by atoms with Crippen LogP contribution in [0.25, 0.3) is 0 Å². The summed E-state index contributed by atoms with van der Waals surface area (Å²) in [7, 11) is 3.94. The molecule has 3 rings (SSSR count). The minimum absolute atomic E-state index is 0.0796. The van der Waals surface area contributed by atoms with Crippen molar-refractivity contribution in [3.63, 3.8) is 0 Å². The van der Waals surface area contributed by atoms with Gasteiger partial charge in [-0.1, -0.05) is 18.2 Å². The SMILES string of the molecule is CN(C)C(CNC(=O)C1CSC(Cc2ccccc2F)C(=O)N1)c1ccsc1. The predicted molar refractivity (Wildman–Crippen MR) is 112 cm³/mol. The van der Waals surface area contributed by atoms with Gasteiger partial charge >= 0.3 is 0 Å². The number of amides is 2. The van der Waals surface area contributed by atoms with Gasteiger partial charge in [0.15, 0.2) is 0 Å². The summed E-state index contributed by atoms with van der Waals surface area (Å²) in [6, 6.07) is 8.03. The van der Waals surface area contributed by atoms with Crippen molar-refractivity contribution in [3.05, 3.63) is 58.0 Å². The van der Waals surface area contributed by atoms with E-state index in [1.165, 1.54) is 17.8 Å². The highest BCUT2D eigenvalue weighted by Gasteiger charge is 2.33. The topological polar surface area (TPSA) is 61.4 Å². The number of nitrogens with zero attached hydrogens (tertiary/aromatic N) is 1. The maximum Gasteiger partial charge on any atom is 0.243 e. The van der Waals surface area contributed by atoms with Crippen molar-refractivity contribution >= 4 is 34.9 Å². The summed E-state index contributed by atoms with van der Waals surface area (Å²) >= 11 is 3.02. The summed E-state index contributed by atoms with van der Waals surface area (Å²) in [4.78, 5) is 27.0. The molecule has 2 heterocycles. The number of likely N-dealkylation sites (N-methyl/N-ethyl adjacent to an activating group) is 1. The molecule has 2 aromatic rings. The zero-order valence-corrected chi connectivity index (χ0v) is 17.5. The number of thiophene rings is 1. The summed E-state index contributed by atoms with van der Waals surface area (Å²) in [5.74, 6) is -0.241. The second kappa shape index (κ2) is 9.54. The molecule has 5 nitrogen and oxygen atoms in total. The fraction of sp³-hybridized carbons (Fsp3) is 0.400. The Morgan fingerprint density at radius 1 is 1.36 bits per heavy atom. The van der Waals surface area contributed by atoms with E-state index in [1.807, 2.05) is 25.5 Å². The molecule has 0 bridgehead atoms. The fourth-order valence-corrected chi connectivity index (χ4v) is 5.02. The van der Waals surface area contributed by atoms with Crippen molar-refractivity contribution in [2.75, 3.05) is 26.4 Å². The fourth-order valence-electron chi connectivity index (χ4n) is 3.13. The first-order valence-corrected chi connectivity index (χ1v) is 11.1. The van der Waals surface area contributed by atoms with Crippen LogP contribution in [-0.4, -0.2) is 54.4 Å². The highest BCUT2D eigenvalue weighted by Crippen LogP contribution is 2.24. The Hall–Kier alpha value is -1.90. The van der Waals surface area contributed by atoms with Crippen LogP contribution in [0.15, 0.2) is 41.1 Å². The molecule has 150 valence electrons. The number of nitrogens with one attached hydrogen (secondary N) is 2. The van der Waals surface area contributed by atoms with E-state index >= 15 is 0 Å². The zero-order chi connectivity index (χ0) is 20.1. The van der Waals surface area contributed by atoms with Crippen molar-refractivity contribution in [2.24, 2.45) is 0 Å². The third-order valence-electron chi connectivity index (χ3n) is 4.77. The van der Waals surface area contributed by atoms with Gasteiger partial charge in [0.2, 0.25) is 11.8 Å². The van der Waals surface area contributed by atoms with Gasteiger partial charge in [-0.15, -0.1) is 11.8 Å². The second-order valence-electron chi connectivity index (χ2n) is 6.96. The van der Waals surface area contributed by atoms with Gasteiger partial charge in [0.1, 0.15) is 11.9 Å². The van der Waals surface area contributed by atoms with Crippen molar-refractivity contribution in [1.82, 2.24) is 15.5 Å². The number of rotatable bonds is 7. The van der Waals surface area contributed by atoms with E-state index in [0.717, 1.165) is 5.56 Å². The number of benzene rings is 1. The maximum absolute atomic E-state index is 13.8. The molecule has 1 aromatic heterocycles. The number of carbonyl (C=O) groups excluding carboxylic acids is 2. The van der Waals surface area contributed by atoms with Crippen molar-refractivity contribution in [2.45, 2.75) is 23.8 Å². The van der Waals surface area contributed by atoms with Crippen molar-refractivity contribution in [3.8, 4) is 0 Å². The number of thioether (sulfide) groups is 1. The Balaban J connectivity index is 1.52. The molecule has 0 aliphatic carbocycles. The van der Waals surface area contributed by atoms with Gasteiger partial charge in [-0.25, -0.2) is 4.39 Å². The third-order valence-corrected chi connectivity index (χ3v) is 6.78. The molecule has 3 unspecified atom stereocenters. The van der Waals surface area contributed by atoms with Crippen LogP contribution < -0.4 is 10.6 Å². The number of hydrogen-bond donors (Lipinski definition) is 2. The smallest absolute Gasteiger partial charge is 0.243 e. The van der Waals surface area contributed by atoms with E-state index in [9.17, 15) is 14.0 Å². The molecule has 1 aliphatic heterocycles. The maximum atomic E-state index is 13.8. The predicted octanol–water partition coefficient (Wildman–Crippen LogP) is 2.45. The average Bonchev–Trinajstić information content (AvgIpc) is 3.19. The van der Waals surface area contributed by atoms with Crippen LogP contribution in [0.1, 0.15) is 17.2 Å². The largest absolute Gasteiger partial charge is 0.352 e. The molecule has 3 atom stereocenters. The van der Waals surface area contributed by atoms with E-state index < -0.39 is 6.04 Å². The Bertz CT molecular complexity index is 814. The minimum Gasteiger partial charge on any atom is -0.352 e. The summed E-state index contributed by atoms with van der Waals surface area (Å²) in [6.45, 7) is 0.470. The van der Waals surface area contributed by atoms with Gasteiger partial charge in [-0.05, 0) is 54.5 Å². The van der Waals surface area contributed by atoms with Gasteiger partial charge in [0.05, 0.1) is 11.3 Å². The average molecular weight is 422 g/mol. The van der Waals surface area contributed by atoms with Gasteiger partial charge in [-0.3, -0.25) is 9.59 Å². The molecule has 1 fully saturated rings. The molecule has 28 heavy (non-hydrogen) atoms. The first-order valence-electron chi connectivity index (χ1n) is 9.07. The number of carbonyl (C=O) groups is 2. The lowest BCUT2D eigenvalue weighted by molar-refractivity contribution is -0.128. The number of hydrogen-bond acceptors (Lipinski definition) is 5. The van der Waals surface area contributed by atoms with Gasteiger partial charge in [0.25, 0.3) is 0 Å². The Labute approximate surface area is 172 Å². The van der Waals surface area contributed by atoms with Crippen LogP contribution >= 0.6 is 23.1 Å². The van der Waals surface area contributed by atoms with Crippen LogP contribution in [-0.2, 0) is 16.0 Å². The summed E-state index contributed by atoms with van der Waals surface area (Å²) in [5, 5.41) is 9.44. The zero-order valence-electron chi connectivity index (χ0n) is 15.9. The van der Waals surface area contributed by atoms with Crippen LogP contribution in [0.2, 0.25) is 0 Å². The summed E-state index contributed by atoms with van der Waals surface area (Å²) < 4.78 is 13.8. The van der Waals surface area contributed by atoms with Gasteiger partial charge in [0, 0.05) is 12.3 Å². The monoisotopic (exact) mass is 421 g/mol. The second-order valence-corrected chi connectivity index (χ2v) is 8.98. The molecular weight excluding hydrogens is 397 g/mol. The van der Waals surface area contributed by atoms with Crippen LogP contribution in [0.4, 0.5) is 4.39 Å². The minimum atomic E-state index is -0.570. The van der Waals surface area contributed by atoms with E-state index in [1.54, 1.807) is 29.5 Å². The lowest BCUT2D eigenvalue weighted by Crippen LogP contribution is -2.55. The van der Waals surface area contributed by atoms with E-state index in [-0.39, 0.29) is 28.9 Å². The van der Waals surface area contributed by atoms with Crippen LogP contribution in [0.3, 0.4) is 0 Å².